The topological polar surface area (TPSA) is 58.6 Å². The maximum absolute atomic E-state index is 13.1. The highest BCUT2D eigenvalue weighted by Crippen LogP contribution is 2.39. The minimum atomic E-state index is -5.07. The molecule has 1 aliphatic heterocycles. The number of nitrogens with one attached hydrogen (secondary N) is 1. The van der Waals surface area contributed by atoms with Crippen LogP contribution in [0.2, 0.25) is 0 Å². The van der Waals surface area contributed by atoms with E-state index in [9.17, 15) is 35.9 Å². The Labute approximate surface area is 185 Å². The Morgan fingerprint density at radius 1 is 1.03 bits per heavy atom. The third kappa shape index (κ3) is 5.07. The molecule has 0 atom stereocenters. The molecule has 3 rings (SSSR count). The number of hydrogen-bond donors (Lipinski definition) is 1. The van der Waals surface area contributed by atoms with Gasteiger partial charge in [-0.3, -0.25) is 9.59 Å². The van der Waals surface area contributed by atoms with Crippen LogP contribution in [0.1, 0.15) is 42.3 Å². The van der Waals surface area contributed by atoms with E-state index in [0.29, 0.717) is 24.4 Å². The molecule has 0 fully saturated rings. The highest BCUT2D eigenvalue weighted by Gasteiger charge is 2.38. The van der Waals surface area contributed by atoms with Gasteiger partial charge >= 0.3 is 12.4 Å². The van der Waals surface area contributed by atoms with Gasteiger partial charge in [0.15, 0.2) is 0 Å². The highest BCUT2D eigenvalue weighted by atomic mass is 19.4. The lowest BCUT2D eigenvalue weighted by Gasteiger charge is -2.26. The van der Waals surface area contributed by atoms with Gasteiger partial charge in [0, 0.05) is 23.9 Å². The van der Waals surface area contributed by atoms with E-state index in [4.69, 9.17) is 4.74 Å². The summed E-state index contributed by atoms with van der Waals surface area (Å²) < 4.78 is 84.1. The van der Waals surface area contributed by atoms with Crippen molar-refractivity contribution in [2.45, 2.75) is 33.1 Å². The molecule has 11 heteroatoms. The van der Waals surface area contributed by atoms with Crippen LogP contribution in [0.15, 0.2) is 36.4 Å². The molecule has 1 heterocycles. The number of nitrogens with zero attached hydrogens (tertiary/aromatic N) is 1. The van der Waals surface area contributed by atoms with E-state index in [2.05, 4.69) is 5.32 Å². The second-order valence-corrected chi connectivity index (χ2v) is 8.15. The number of carbonyl (C=O) groups excluding carboxylic acids is 2. The van der Waals surface area contributed by atoms with Gasteiger partial charge in [0.05, 0.1) is 22.2 Å². The molecule has 0 unspecified atom stereocenters. The van der Waals surface area contributed by atoms with Crippen LogP contribution in [0.3, 0.4) is 0 Å². The standard InChI is InChI=1S/C22H20F6N2O3/c1-4-30-16-6-5-15(10-17(16)33-11-20(2,3)19(30)32)29-18(31)12-7-13(21(23,24)25)9-14(8-12)22(26,27)28/h5-10H,4,11H2,1-3H3,(H,29,31). The van der Waals surface area contributed by atoms with Crippen LogP contribution in [-0.4, -0.2) is 25.0 Å². The third-order valence-electron chi connectivity index (χ3n) is 5.09. The fourth-order valence-electron chi connectivity index (χ4n) is 3.33. The summed E-state index contributed by atoms with van der Waals surface area (Å²) in [6.45, 7) is 5.56. The molecule has 2 aromatic carbocycles. The van der Waals surface area contributed by atoms with Crippen molar-refractivity contribution in [3.8, 4) is 5.75 Å². The van der Waals surface area contributed by atoms with Gasteiger partial charge in [-0.2, -0.15) is 26.3 Å². The van der Waals surface area contributed by atoms with Gasteiger partial charge in [-0.25, -0.2) is 0 Å². The smallest absolute Gasteiger partial charge is 0.416 e. The lowest BCUT2D eigenvalue weighted by atomic mass is 9.93. The van der Waals surface area contributed by atoms with Gasteiger partial charge < -0.3 is 15.0 Å². The normalized spacial score (nSPS) is 16.0. The Kier molecular flexibility index (Phi) is 6.12. The first-order valence-electron chi connectivity index (χ1n) is 9.83. The van der Waals surface area contributed by atoms with Gasteiger partial charge in [0.25, 0.3) is 5.91 Å². The molecule has 5 nitrogen and oxygen atoms in total. The number of halogens is 6. The third-order valence-corrected chi connectivity index (χ3v) is 5.09. The van der Waals surface area contributed by atoms with Crippen LogP contribution in [0, 0.1) is 5.41 Å². The Bertz CT molecular complexity index is 1060. The van der Waals surface area contributed by atoms with E-state index >= 15 is 0 Å². The Morgan fingerprint density at radius 2 is 1.61 bits per heavy atom. The predicted octanol–water partition coefficient (Wildman–Crippen LogP) is 5.75. The van der Waals surface area contributed by atoms with Crippen LogP contribution >= 0.6 is 0 Å². The number of benzene rings is 2. The molecule has 0 saturated carbocycles. The Morgan fingerprint density at radius 3 is 2.12 bits per heavy atom. The van der Waals surface area contributed by atoms with Crippen molar-refractivity contribution in [3.63, 3.8) is 0 Å². The summed E-state index contributed by atoms with van der Waals surface area (Å²) in [7, 11) is 0. The van der Waals surface area contributed by atoms with Gasteiger partial charge in [-0.1, -0.05) is 0 Å². The first-order valence-corrected chi connectivity index (χ1v) is 9.83. The number of rotatable bonds is 3. The number of amides is 2. The van der Waals surface area contributed by atoms with E-state index in [1.807, 2.05) is 0 Å². The van der Waals surface area contributed by atoms with Gasteiger partial charge in [0.2, 0.25) is 5.91 Å². The summed E-state index contributed by atoms with van der Waals surface area (Å²) in [5.74, 6) is -1.10. The van der Waals surface area contributed by atoms with Crippen molar-refractivity contribution in [1.29, 1.82) is 0 Å². The summed E-state index contributed by atoms with van der Waals surface area (Å²) in [5.41, 5.74) is -4.30. The molecule has 0 aliphatic carbocycles. The first kappa shape index (κ1) is 24.4. The summed E-state index contributed by atoms with van der Waals surface area (Å²) >= 11 is 0. The van der Waals surface area contributed by atoms with Gasteiger partial charge in [-0.05, 0) is 51.1 Å². The lowest BCUT2D eigenvalue weighted by molar-refractivity contribution is -0.143. The van der Waals surface area contributed by atoms with Crippen molar-refractivity contribution in [2.24, 2.45) is 5.41 Å². The molecule has 0 aromatic heterocycles. The molecule has 33 heavy (non-hydrogen) atoms. The van der Waals surface area contributed by atoms with Crippen molar-refractivity contribution < 1.29 is 40.7 Å². The predicted molar refractivity (Wildman–Crippen MR) is 108 cm³/mol. The Balaban J connectivity index is 1.95. The quantitative estimate of drug-likeness (QED) is 0.577. The van der Waals surface area contributed by atoms with Gasteiger partial charge in [0.1, 0.15) is 12.4 Å². The average Bonchev–Trinajstić information content (AvgIpc) is 2.80. The molecule has 1 N–H and O–H groups in total. The van der Waals surface area contributed by atoms with Crippen LogP contribution in [0.25, 0.3) is 0 Å². The molecule has 0 radical (unpaired) electrons. The number of fused-ring (bicyclic) bond motifs is 1. The van der Waals surface area contributed by atoms with Crippen LogP contribution < -0.4 is 15.0 Å². The summed E-state index contributed by atoms with van der Waals surface area (Å²) in [6, 6.07) is 4.89. The fourth-order valence-corrected chi connectivity index (χ4v) is 3.33. The minimum Gasteiger partial charge on any atom is -0.490 e. The molecule has 0 bridgehead atoms. The maximum atomic E-state index is 13.1. The second kappa shape index (κ2) is 8.27. The molecular weight excluding hydrogens is 454 g/mol. The molecular formula is C22H20F6N2O3. The van der Waals surface area contributed by atoms with E-state index in [1.165, 1.54) is 23.1 Å². The van der Waals surface area contributed by atoms with Crippen LogP contribution in [0.4, 0.5) is 37.7 Å². The summed E-state index contributed by atoms with van der Waals surface area (Å²) in [4.78, 5) is 26.8. The monoisotopic (exact) mass is 474 g/mol. The molecule has 0 spiro atoms. The van der Waals surface area contributed by atoms with E-state index in [0.717, 1.165) is 0 Å². The van der Waals surface area contributed by atoms with Crippen molar-refractivity contribution in [1.82, 2.24) is 0 Å². The van der Waals surface area contributed by atoms with Crippen LogP contribution in [-0.2, 0) is 17.1 Å². The zero-order chi connectivity index (χ0) is 24.8. The van der Waals surface area contributed by atoms with E-state index in [1.54, 1.807) is 20.8 Å². The largest absolute Gasteiger partial charge is 0.490 e. The summed E-state index contributed by atoms with van der Waals surface area (Å²) in [5, 5.41) is 2.29. The number of ether oxygens (including phenoxy) is 1. The minimum absolute atomic E-state index is 0.0370. The molecule has 2 amide bonds. The number of anilines is 2. The molecule has 1 aliphatic rings. The summed E-state index contributed by atoms with van der Waals surface area (Å²) in [6.07, 6.45) is -10.1. The number of hydrogen-bond acceptors (Lipinski definition) is 3. The fraction of sp³-hybridized carbons (Fsp3) is 0.364. The maximum Gasteiger partial charge on any atom is 0.416 e. The van der Waals surface area contributed by atoms with E-state index in [-0.39, 0.29) is 30.0 Å². The Hall–Kier alpha value is -3.24. The molecule has 0 saturated heterocycles. The van der Waals surface area contributed by atoms with Gasteiger partial charge in [-0.15, -0.1) is 0 Å². The first-order chi connectivity index (χ1) is 15.1. The lowest BCUT2D eigenvalue weighted by Crippen LogP contribution is -2.42. The van der Waals surface area contributed by atoms with Crippen LogP contribution in [0.5, 0.6) is 5.75 Å². The van der Waals surface area contributed by atoms with Crippen molar-refractivity contribution in [2.75, 3.05) is 23.4 Å². The number of carbonyl (C=O) groups is 2. The zero-order valence-corrected chi connectivity index (χ0v) is 17.8. The highest BCUT2D eigenvalue weighted by molar-refractivity contribution is 6.05. The molecule has 2 aromatic rings. The zero-order valence-electron chi connectivity index (χ0n) is 17.8. The second-order valence-electron chi connectivity index (χ2n) is 8.15. The SMILES string of the molecule is CCN1C(=O)C(C)(C)COc2cc(NC(=O)c3cc(C(F)(F)F)cc(C(F)(F)F)c3)ccc21. The molecule has 178 valence electrons. The van der Waals surface area contributed by atoms with Crippen molar-refractivity contribution >= 4 is 23.2 Å². The number of alkyl halides is 6. The average molecular weight is 474 g/mol. The van der Waals surface area contributed by atoms with Crippen molar-refractivity contribution in [3.05, 3.63) is 53.1 Å². The van der Waals surface area contributed by atoms with E-state index < -0.39 is 40.4 Å².